The van der Waals surface area contributed by atoms with Gasteiger partial charge in [-0.2, -0.15) is 0 Å². The smallest absolute Gasteiger partial charge is 0.313 e. The fourth-order valence-electron chi connectivity index (χ4n) is 0.863. The summed E-state index contributed by atoms with van der Waals surface area (Å²) in [6, 6.07) is 0. The predicted molar refractivity (Wildman–Crippen MR) is 60.2 cm³/mol. The van der Waals surface area contributed by atoms with Crippen molar-refractivity contribution in [2.45, 2.75) is 50.3 Å². The van der Waals surface area contributed by atoms with Gasteiger partial charge in [0.1, 0.15) is 0 Å². The van der Waals surface area contributed by atoms with Gasteiger partial charge >= 0.3 is 11.9 Å². The van der Waals surface area contributed by atoms with Gasteiger partial charge in [0.05, 0.1) is 0 Å². The molecule has 0 aliphatic heterocycles. The zero-order valence-corrected chi connectivity index (χ0v) is 10.5. The van der Waals surface area contributed by atoms with Crippen molar-refractivity contribution in [1.29, 1.82) is 0 Å². The highest BCUT2D eigenvalue weighted by Gasteiger charge is 2.12. The molecule has 0 N–H and O–H groups in total. The summed E-state index contributed by atoms with van der Waals surface area (Å²) in [5, 5.41) is -0.175. The summed E-state index contributed by atoms with van der Waals surface area (Å²) < 4.78 is 4.56. The first kappa shape index (κ1) is 14.7. The lowest BCUT2D eigenvalue weighted by Crippen LogP contribution is -2.13. The van der Waals surface area contributed by atoms with Gasteiger partial charge in [-0.15, -0.1) is 23.2 Å². The maximum absolute atomic E-state index is 11.1. The third kappa shape index (κ3) is 10.0. The minimum Gasteiger partial charge on any atom is -0.393 e. The zero-order chi connectivity index (χ0) is 11.8. The van der Waals surface area contributed by atoms with Crippen molar-refractivity contribution in [2.24, 2.45) is 0 Å². The number of hydrogen-bond acceptors (Lipinski definition) is 3. The molecular formula is C10H16Cl2O3. The molecule has 0 spiro atoms. The molecule has 0 bridgehead atoms. The molecule has 15 heavy (non-hydrogen) atoms. The Morgan fingerprint density at radius 2 is 1.33 bits per heavy atom. The number of halogens is 2. The molecule has 2 unspecified atom stereocenters. The summed E-state index contributed by atoms with van der Waals surface area (Å²) in [4.78, 5) is 22.1. The van der Waals surface area contributed by atoms with Gasteiger partial charge in [-0.1, -0.05) is 0 Å². The Morgan fingerprint density at radius 3 is 1.60 bits per heavy atom. The van der Waals surface area contributed by atoms with E-state index >= 15 is 0 Å². The van der Waals surface area contributed by atoms with Crippen molar-refractivity contribution in [3.63, 3.8) is 0 Å². The highest BCUT2D eigenvalue weighted by molar-refractivity contribution is 6.20. The Kier molecular flexibility index (Phi) is 7.79. The van der Waals surface area contributed by atoms with E-state index in [1.807, 2.05) is 0 Å². The van der Waals surface area contributed by atoms with Crippen LogP contribution in [0.4, 0.5) is 0 Å². The van der Waals surface area contributed by atoms with E-state index in [4.69, 9.17) is 23.2 Å². The Hall–Kier alpha value is -0.280. The summed E-state index contributed by atoms with van der Waals surface area (Å²) in [7, 11) is 0. The molecule has 0 aliphatic carbocycles. The SMILES string of the molecule is CC(Cl)CCC(=O)OC(=O)CCC(C)Cl. The summed E-state index contributed by atoms with van der Waals surface area (Å²) >= 11 is 11.3. The van der Waals surface area contributed by atoms with E-state index in [9.17, 15) is 9.59 Å². The van der Waals surface area contributed by atoms with Crippen molar-refractivity contribution < 1.29 is 14.3 Å². The lowest BCUT2D eigenvalue weighted by atomic mass is 10.2. The number of alkyl halides is 2. The second kappa shape index (κ2) is 7.94. The number of carbonyl (C=O) groups excluding carboxylic acids is 2. The molecule has 0 rings (SSSR count). The summed E-state index contributed by atoms with van der Waals surface area (Å²) in [6.45, 7) is 3.57. The van der Waals surface area contributed by atoms with Crippen molar-refractivity contribution in [3.8, 4) is 0 Å². The van der Waals surface area contributed by atoms with Crippen molar-refractivity contribution in [2.75, 3.05) is 0 Å². The largest absolute Gasteiger partial charge is 0.393 e. The molecule has 3 nitrogen and oxygen atoms in total. The molecule has 0 radical (unpaired) electrons. The molecule has 5 heteroatoms. The molecule has 0 aromatic heterocycles. The normalized spacial score (nSPS) is 14.4. The fourth-order valence-corrected chi connectivity index (χ4v) is 1.08. The number of carbonyl (C=O) groups is 2. The zero-order valence-electron chi connectivity index (χ0n) is 8.96. The number of hydrogen-bond donors (Lipinski definition) is 0. The molecule has 0 amide bonds. The van der Waals surface area contributed by atoms with Gasteiger partial charge in [0.25, 0.3) is 0 Å². The maximum atomic E-state index is 11.1. The van der Waals surface area contributed by atoms with E-state index in [0.29, 0.717) is 12.8 Å². The summed E-state index contributed by atoms with van der Waals surface area (Å²) in [5.74, 6) is -1.04. The van der Waals surface area contributed by atoms with Crippen molar-refractivity contribution >= 4 is 35.1 Å². The van der Waals surface area contributed by atoms with Crippen molar-refractivity contribution in [1.82, 2.24) is 0 Å². The van der Waals surface area contributed by atoms with Crippen LogP contribution in [-0.2, 0) is 14.3 Å². The van der Waals surface area contributed by atoms with Crippen LogP contribution in [0.1, 0.15) is 39.5 Å². The molecule has 0 saturated carbocycles. The Morgan fingerprint density at radius 1 is 1.00 bits per heavy atom. The monoisotopic (exact) mass is 254 g/mol. The van der Waals surface area contributed by atoms with E-state index in [-0.39, 0.29) is 23.6 Å². The van der Waals surface area contributed by atoms with E-state index in [1.54, 1.807) is 13.8 Å². The predicted octanol–water partition coefficient (Wildman–Crippen LogP) is 2.87. The van der Waals surface area contributed by atoms with Crippen molar-refractivity contribution in [3.05, 3.63) is 0 Å². The minimum absolute atomic E-state index is 0.0875. The Balaban J connectivity index is 3.63. The second-order valence-corrected chi connectivity index (χ2v) is 4.98. The van der Waals surface area contributed by atoms with Crippen LogP contribution >= 0.6 is 23.2 Å². The molecule has 88 valence electrons. The standard InChI is InChI=1S/C10H16Cl2O3/c1-7(11)3-5-9(13)15-10(14)6-4-8(2)12/h7-8H,3-6H2,1-2H3. The average molecular weight is 255 g/mol. The first-order valence-corrected chi connectivity index (χ1v) is 5.80. The highest BCUT2D eigenvalue weighted by Crippen LogP contribution is 2.07. The molecule has 0 heterocycles. The van der Waals surface area contributed by atoms with Crippen LogP contribution in [0.3, 0.4) is 0 Å². The third-order valence-corrected chi connectivity index (χ3v) is 2.16. The third-order valence-electron chi connectivity index (χ3n) is 1.72. The first-order valence-electron chi connectivity index (χ1n) is 4.93. The Bertz CT molecular complexity index is 193. The van der Waals surface area contributed by atoms with Crippen LogP contribution < -0.4 is 0 Å². The van der Waals surface area contributed by atoms with Crippen LogP contribution in [0.2, 0.25) is 0 Å². The Labute approximate surface area is 100 Å². The van der Waals surface area contributed by atoms with Gasteiger partial charge in [0.15, 0.2) is 0 Å². The lowest BCUT2D eigenvalue weighted by Gasteiger charge is -2.04. The van der Waals surface area contributed by atoms with Crippen LogP contribution in [0.15, 0.2) is 0 Å². The summed E-state index contributed by atoms with van der Waals surface area (Å²) in [6.07, 6.45) is 1.37. The lowest BCUT2D eigenvalue weighted by molar-refractivity contribution is -0.159. The molecule has 0 aromatic rings. The maximum Gasteiger partial charge on any atom is 0.313 e. The van der Waals surface area contributed by atoms with Gasteiger partial charge in [-0.3, -0.25) is 9.59 Å². The number of ether oxygens (including phenoxy) is 1. The molecular weight excluding hydrogens is 239 g/mol. The van der Waals surface area contributed by atoms with E-state index in [1.165, 1.54) is 0 Å². The quantitative estimate of drug-likeness (QED) is 0.416. The van der Waals surface area contributed by atoms with Crippen LogP contribution in [0.25, 0.3) is 0 Å². The van der Waals surface area contributed by atoms with E-state index in [2.05, 4.69) is 4.74 Å². The molecule has 0 aromatic carbocycles. The average Bonchev–Trinajstić information content (AvgIpc) is 2.11. The van der Waals surface area contributed by atoms with Gasteiger partial charge in [0.2, 0.25) is 0 Å². The van der Waals surface area contributed by atoms with E-state index < -0.39 is 11.9 Å². The molecule has 0 aliphatic rings. The molecule has 0 fully saturated rings. The number of rotatable bonds is 6. The van der Waals surface area contributed by atoms with Gasteiger partial charge < -0.3 is 4.74 Å². The molecule has 2 atom stereocenters. The topological polar surface area (TPSA) is 43.4 Å². The molecule has 0 saturated heterocycles. The van der Waals surface area contributed by atoms with Crippen LogP contribution in [0, 0.1) is 0 Å². The second-order valence-electron chi connectivity index (χ2n) is 3.48. The van der Waals surface area contributed by atoms with E-state index in [0.717, 1.165) is 0 Å². The fraction of sp³-hybridized carbons (Fsp3) is 0.800. The van der Waals surface area contributed by atoms with Gasteiger partial charge in [-0.25, -0.2) is 0 Å². The van der Waals surface area contributed by atoms with Crippen LogP contribution in [0.5, 0.6) is 0 Å². The van der Waals surface area contributed by atoms with Gasteiger partial charge in [-0.05, 0) is 26.7 Å². The van der Waals surface area contributed by atoms with Gasteiger partial charge in [0, 0.05) is 23.6 Å². The highest BCUT2D eigenvalue weighted by atomic mass is 35.5. The first-order chi connectivity index (χ1) is 6.91. The van der Waals surface area contributed by atoms with Crippen LogP contribution in [-0.4, -0.2) is 22.7 Å². The summed E-state index contributed by atoms with van der Waals surface area (Å²) in [5.41, 5.74) is 0. The minimum atomic E-state index is -0.519. The number of esters is 2.